The Hall–Kier alpha value is -1.68. The number of aromatic nitrogens is 3. The number of hydrogen-bond acceptors (Lipinski definition) is 3. The Morgan fingerprint density at radius 3 is 2.93 bits per heavy atom. The van der Waals surface area contributed by atoms with Gasteiger partial charge in [-0.25, -0.2) is 0 Å². The molecular weight excluding hydrogens is 194 g/mol. The first-order valence-electron chi connectivity index (χ1n) is 4.29. The third-order valence-corrected chi connectivity index (χ3v) is 2.85. The smallest absolute Gasteiger partial charge is 0.141 e. The molecule has 0 aliphatic heterocycles. The van der Waals surface area contributed by atoms with Crippen LogP contribution in [-0.2, 0) is 0 Å². The second-order valence-corrected chi connectivity index (χ2v) is 3.76. The summed E-state index contributed by atoms with van der Waals surface area (Å²) >= 11 is 1.40. The van der Waals surface area contributed by atoms with Gasteiger partial charge in [-0.05, 0) is 17.5 Å². The van der Waals surface area contributed by atoms with Gasteiger partial charge in [0.1, 0.15) is 5.00 Å². The fourth-order valence-electron chi connectivity index (χ4n) is 1.54. The SMILES string of the molecule is c1ccc2c(c1)ccn2-c1cnns1. The van der Waals surface area contributed by atoms with Gasteiger partial charge in [-0.1, -0.05) is 22.7 Å². The van der Waals surface area contributed by atoms with Gasteiger partial charge in [0.25, 0.3) is 0 Å². The van der Waals surface area contributed by atoms with Crippen LogP contribution < -0.4 is 0 Å². The lowest BCUT2D eigenvalue weighted by molar-refractivity contribution is 1.11. The van der Waals surface area contributed by atoms with Crippen molar-refractivity contribution in [1.29, 1.82) is 0 Å². The normalized spacial score (nSPS) is 10.9. The third kappa shape index (κ3) is 1.04. The van der Waals surface area contributed by atoms with Crippen LogP contribution in [0.1, 0.15) is 0 Å². The molecule has 0 aliphatic carbocycles. The summed E-state index contributed by atoms with van der Waals surface area (Å²) in [6.07, 6.45) is 3.82. The third-order valence-electron chi connectivity index (χ3n) is 2.19. The maximum absolute atomic E-state index is 3.86. The summed E-state index contributed by atoms with van der Waals surface area (Å²) in [4.78, 5) is 0. The van der Waals surface area contributed by atoms with Crippen molar-refractivity contribution >= 4 is 22.4 Å². The molecule has 2 heterocycles. The molecule has 1 aromatic carbocycles. The van der Waals surface area contributed by atoms with Crippen LogP contribution in [0, 0.1) is 0 Å². The van der Waals surface area contributed by atoms with Crippen molar-refractivity contribution in [2.45, 2.75) is 0 Å². The lowest BCUT2D eigenvalue weighted by Gasteiger charge is -1.98. The predicted octanol–water partition coefficient (Wildman–Crippen LogP) is 2.48. The molecule has 68 valence electrons. The number of para-hydroxylation sites is 1. The van der Waals surface area contributed by atoms with Gasteiger partial charge in [-0.15, -0.1) is 5.10 Å². The van der Waals surface area contributed by atoms with Crippen molar-refractivity contribution in [3.8, 4) is 5.00 Å². The molecule has 0 N–H and O–H groups in total. The van der Waals surface area contributed by atoms with Gasteiger partial charge in [0.2, 0.25) is 0 Å². The molecule has 3 aromatic rings. The molecule has 0 atom stereocenters. The summed E-state index contributed by atoms with van der Waals surface area (Å²) in [7, 11) is 0. The van der Waals surface area contributed by atoms with Crippen LogP contribution in [0.15, 0.2) is 42.7 Å². The Balaban J connectivity index is 2.33. The van der Waals surface area contributed by atoms with E-state index in [-0.39, 0.29) is 0 Å². The highest BCUT2D eigenvalue weighted by molar-refractivity contribution is 7.08. The summed E-state index contributed by atoms with van der Waals surface area (Å²) in [6, 6.07) is 10.4. The highest BCUT2D eigenvalue weighted by atomic mass is 32.1. The summed E-state index contributed by atoms with van der Waals surface area (Å²) in [5.41, 5.74) is 1.19. The van der Waals surface area contributed by atoms with Crippen LogP contribution in [0.25, 0.3) is 15.9 Å². The molecule has 0 spiro atoms. The van der Waals surface area contributed by atoms with Gasteiger partial charge in [0.05, 0.1) is 11.7 Å². The van der Waals surface area contributed by atoms with Crippen LogP contribution in [0.4, 0.5) is 0 Å². The van der Waals surface area contributed by atoms with E-state index >= 15 is 0 Å². The topological polar surface area (TPSA) is 30.7 Å². The average molecular weight is 201 g/mol. The van der Waals surface area contributed by atoms with Gasteiger partial charge in [0.15, 0.2) is 0 Å². The van der Waals surface area contributed by atoms with E-state index in [1.165, 1.54) is 22.4 Å². The highest BCUT2D eigenvalue weighted by Crippen LogP contribution is 2.20. The Labute approximate surface area is 84.8 Å². The molecule has 0 amide bonds. The minimum Gasteiger partial charge on any atom is -0.305 e. The van der Waals surface area contributed by atoms with Crippen molar-refractivity contribution in [3.63, 3.8) is 0 Å². The van der Waals surface area contributed by atoms with Crippen LogP contribution in [0.3, 0.4) is 0 Å². The highest BCUT2D eigenvalue weighted by Gasteiger charge is 2.03. The van der Waals surface area contributed by atoms with Crippen molar-refractivity contribution < 1.29 is 0 Å². The van der Waals surface area contributed by atoms with E-state index in [2.05, 4.69) is 32.4 Å². The Morgan fingerprint density at radius 2 is 2.07 bits per heavy atom. The number of rotatable bonds is 1. The van der Waals surface area contributed by atoms with Crippen molar-refractivity contribution in [3.05, 3.63) is 42.7 Å². The average Bonchev–Trinajstić information content (AvgIpc) is 2.85. The van der Waals surface area contributed by atoms with Gasteiger partial charge < -0.3 is 4.57 Å². The fourth-order valence-corrected chi connectivity index (χ4v) is 2.06. The Morgan fingerprint density at radius 1 is 1.14 bits per heavy atom. The summed E-state index contributed by atoms with van der Waals surface area (Å²) in [5.74, 6) is 0. The zero-order chi connectivity index (χ0) is 9.38. The molecule has 0 fully saturated rings. The number of nitrogens with zero attached hydrogens (tertiary/aromatic N) is 3. The molecule has 0 radical (unpaired) electrons. The fraction of sp³-hybridized carbons (Fsp3) is 0. The molecule has 0 saturated heterocycles. The zero-order valence-electron chi connectivity index (χ0n) is 7.29. The van der Waals surface area contributed by atoms with E-state index in [9.17, 15) is 0 Å². The first-order chi connectivity index (χ1) is 6.95. The molecule has 0 bridgehead atoms. The van der Waals surface area contributed by atoms with Gasteiger partial charge in [-0.3, -0.25) is 0 Å². The van der Waals surface area contributed by atoms with Gasteiger partial charge in [0, 0.05) is 17.7 Å². The minimum absolute atomic E-state index is 1.05. The molecule has 0 unspecified atom stereocenters. The van der Waals surface area contributed by atoms with Crippen LogP contribution in [0.2, 0.25) is 0 Å². The molecule has 14 heavy (non-hydrogen) atoms. The van der Waals surface area contributed by atoms with Gasteiger partial charge >= 0.3 is 0 Å². The van der Waals surface area contributed by atoms with Crippen LogP contribution in [0.5, 0.6) is 0 Å². The van der Waals surface area contributed by atoms with Gasteiger partial charge in [-0.2, -0.15) is 0 Å². The molecule has 2 aromatic heterocycles. The monoisotopic (exact) mass is 201 g/mol. The first kappa shape index (κ1) is 7.70. The molecule has 3 rings (SSSR count). The van der Waals surface area contributed by atoms with E-state index in [1.807, 2.05) is 18.3 Å². The number of benzene rings is 1. The summed E-state index contributed by atoms with van der Waals surface area (Å²) < 4.78 is 5.95. The Bertz CT molecular complexity index is 554. The van der Waals surface area contributed by atoms with Crippen LogP contribution >= 0.6 is 11.5 Å². The van der Waals surface area contributed by atoms with Crippen molar-refractivity contribution in [2.24, 2.45) is 0 Å². The number of hydrogen-bond donors (Lipinski definition) is 0. The molecule has 0 aliphatic rings. The lowest BCUT2D eigenvalue weighted by atomic mass is 10.2. The maximum Gasteiger partial charge on any atom is 0.141 e. The van der Waals surface area contributed by atoms with E-state index < -0.39 is 0 Å². The van der Waals surface area contributed by atoms with Crippen molar-refractivity contribution in [1.82, 2.24) is 14.2 Å². The minimum atomic E-state index is 1.05. The van der Waals surface area contributed by atoms with E-state index in [4.69, 9.17) is 0 Å². The molecule has 0 saturated carbocycles. The lowest BCUT2D eigenvalue weighted by Crippen LogP contribution is -1.86. The summed E-state index contributed by atoms with van der Waals surface area (Å²) in [5, 5.41) is 6.12. The molecule has 4 heteroatoms. The maximum atomic E-state index is 3.86. The quantitative estimate of drug-likeness (QED) is 0.605. The predicted molar refractivity (Wildman–Crippen MR) is 56.7 cm³/mol. The van der Waals surface area contributed by atoms with Crippen molar-refractivity contribution in [2.75, 3.05) is 0 Å². The van der Waals surface area contributed by atoms with E-state index in [0.717, 1.165) is 5.00 Å². The van der Waals surface area contributed by atoms with E-state index in [0.29, 0.717) is 0 Å². The summed E-state index contributed by atoms with van der Waals surface area (Å²) in [6.45, 7) is 0. The second kappa shape index (κ2) is 2.92. The second-order valence-electron chi connectivity index (χ2n) is 3.00. The first-order valence-corrected chi connectivity index (χ1v) is 5.06. The number of fused-ring (bicyclic) bond motifs is 1. The molecule has 3 nitrogen and oxygen atoms in total. The van der Waals surface area contributed by atoms with E-state index in [1.54, 1.807) is 6.20 Å². The molecular formula is C10H7N3S. The zero-order valence-corrected chi connectivity index (χ0v) is 8.11. The largest absolute Gasteiger partial charge is 0.305 e. The standard InChI is InChI=1S/C10H7N3S/c1-2-4-9-8(3-1)5-6-13(9)10-7-11-12-14-10/h1-7H. The van der Waals surface area contributed by atoms with Crippen LogP contribution in [-0.4, -0.2) is 14.2 Å². The Kier molecular flexibility index (Phi) is 1.61.